The Labute approximate surface area is 182 Å². The standard InChI is InChI=1S/C24H31FO4S/c1-5-6-20-28-19-12-17-16-8-7-14-11-15(26)9-10-21(14,2)23(16,25)18(27)13-22(17,3)24(19,29-20)30-4/h5-6,9-11,16-20,27H,7-8,12-13H2,1-4H3/b6-5+/t16-,17-,18-,19+,20?,21-,22-,23-,24-/m0/s1. The molecule has 0 bridgehead atoms. The third-order valence-corrected chi connectivity index (χ3v) is 10.4. The number of rotatable bonds is 2. The third kappa shape index (κ3) is 2.26. The number of thioether (sulfide) groups is 1. The Hall–Kier alpha value is -0.950. The highest BCUT2D eigenvalue weighted by Crippen LogP contribution is 2.73. The van der Waals surface area contributed by atoms with Crippen LogP contribution in [-0.4, -0.2) is 46.2 Å². The number of alkyl halides is 1. The minimum absolute atomic E-state index is 0.0410. The van der Waals surface area contributed by atoms with Crippen molar-refractivity contribution in [3.8, 4) is 0 Å². The maximum absolute atomic E-state index is 17.1. The molecular weight excluding hydrogens is 403 g/mol. The normalized spacial score (nSPS) is 54.5. The van der Waals surface area contributed by atoms with Gasteiger partial charge in [0.25, 0.3) is 0 Å². The Morgan fingerprint density at radius 1 is 1.33 bits per heavy atom. The number of ketones is 1. The fraction of sp³-hybridized carbons (Fsp3) is 0.708. The lowest BCUT2D eigenvalue weighted by atomic mass is 9.45. The molecule has 1 N–H and O–H groups in total. The molecule has 0 aromatic carbocycles. The second-order valence-corrected chi connectivity index (χ2v) is 11.0. The molecule has 30 heavy (non-hydrogen) atoms. The van der Waals surface area contributed by atoms with Crippen LogP contribution in [0.1, 0.15) is 46.5 Å². The Morgan fingerprint density at radius 3 is 2.80 bits per heavy atom. The van der Waals surface area contributed by atoms with Crippen molar-refractivity contribution in [2.24, 2.45) is 22.7 Å². The van der Waals surface area contributed by atoms with Gasteiger partial charge in [0, 0.05) is 16.7 Å². The van der Waals surface area contributed by atoms with E-state index in [4.69, 9.17) is 9.47 Å². The van der Waals surface area contributed by atoms with Gasteiger partial charge in [-0.2, -0.15) is 0 Å². The van der Waals surface area contributed by atoms with Crippen LogP contribution in [0, 0.1) is 22.7 Å². The maximum Gasteiger partial charge on any atom is 0.179 e. The molecule has 6 heteroatoms. The fourth-order valence-corrected chi connectivity index (χ4v) is 8.83. The van der Waals surface area contributed by atoms with Gasteiger partial charge in [-0.25, -0.2) is 4.39 Å². The predicted octanol–water partition coefficient (Wildman–Crippen LogP) is 4.34. The number of hydrogen-bond donors (Lipinski definition) is 1. The van der Waals surface area contributed by atoms with Gasteiger partial charge in [0.15, 0.2) is 17.7 Å². The number of carbonyl (C=O) groups is 1. The lowest BCUT2D eigenvalue weighted by Gasteiger charge is -2.62. The molecule has 4 fully saturated rings. The first kappa shape index (κ1) is 20.9. The van der Waals surface area contributed by atoms with E-state index in [-0.39, 0.29) is 23.7 Å². The van der Waals surface area contributed by atoms with Crippen LogP contribution < -0.4 is 0 Å². The summed E-state index contributed by atoms with van der Waals surface area (Å²) in [5, 5.41) is 11.4. The predicted molar refractivity (Wildman–Crippen MR) is 115 cm³/mol. The average molecular weight is 435 g/mol. The fourth-order valence-electron chi connectivity index (χ4n) is 7.52. The number of allylic oxidation sites excluding steroid dienone is 5. The van der Waals surface area contributed by atoms with E-state index in [0.717, 1.165) is 12.0 Å². The lowest BCUT2D eigenvalue weighted by Crippen LogP contribution is -2.68. The first-order valence-corrected chi connectivity index (χ1v) is 12.2. The van der Waals surface area contributed by atoms with E-state index in [2.05, 4.69) is 6.92 Å². The smallest absolute Gasteiger partial charge is 0.179 e. The van der Waals surface area contributed by atoms with Gasteiger partial charge >= 0.3 is 0 Å². The zero-order valence-electron chi connectivity index (χ0n) is 18.1. The second-order valence-electron chi connectivity index (χ2n) is 10.0. The quantitative estimate of drug-likeness (QED) is 0.655. The van der Waals surface area contributed by atoms with Gasteiger partial charge in [-0.3, -0.25) is 4.79 Å². The molecule has 164 valence electrons. The van der Waals surface area contributed by atoms with Crippen LogP contribution in [0.5, 0.6) is 0 Å². The third-order valence-electron chi connectivity index (χ3n) is 8.96. The number of aliphatic hydroxyl groups is 1. The van der Waals surface area contributed by atoms with E-state index >= 15 is 4.39 Å². The molecule has 3 saturated carbocycles. The van der Waals surface area contributed by atoms with E-state index in [9.17, 15) is 9.90 Å². The largest absolute Gasteiger partial charge is 0.390 e. The lowest BCUT2D eigenvalue weighted by molar-refractivity contribution is -0.213. The SMILES string of the molecule is C/C=C/C1O[C@@H]2C[C@H]3[C@@H]4CCC5=CC(=O)C=C[C@]5(C)[C@@]4(F)[C@@H](O)C[C@]3(C)[C@]2(SC)O1. The maximum atomic E-state index is 17.1. The molecular formula is C24H31FO4S. The Bertz CT molecular complexity index is 869. The van der Waals surface area contributed by atoms with E-state index in [1.165, 1.54) is 6.08 Å². The van der Waals surface area contributed by atoms with E-state index in [0.29, 0.717) is 19.3 Å². The van der Waals surface area contributed by atoms with Crippen LogP contribution in [0.15, 0.2) is 36.0 Å². The van der Waals surface area contributed by atoms with E-state index in [1.54, 1.807) is 23.9 Å². The monoisotopic (exact) mass is 434 g/mol. The van der Waals surface area contributed by atoms with Gasteiger partial charge < -0.3 is 14.6 Å². The number of carbonyl (C=O) groups excluding carboxylic acids is 1. The molecule has 1 saturated heterocycles. The summed E-state index contributed by atoms with van der Waals surface area (Å²) in [6.45, 7) is 5.95. The minimum Gasteiger partial charge on any atom is -0.390 e. The Morgan fingerprint density at radius 2 is 2.10 bits per heavy atom. The van der Waals surface area contributed by atoms with Crippen molar-refractivity contribution in [3.05, 3.63) is 36.0 Å². The Balaban J connectivity index is 1.58. The van der Waals surface area contributed by atoms with Crippen LogP contribution in [0.25, 0.3) is 0 Å². The van der Waals surface area contributed by atoms with Gasteiger partial charge in [0.2, 0.25) is 0 Å². The summed E-state index contributed by atoms with van der Waals surface area (Å²) in [5.74, 6) is -0.360. The Kier molecular flexibility index (Phi) is 4.56. The molecule has 9 atom stereocenters. The van der Waals surface area contributed by atoms with Crippen molar-refractivity contribution < 1.29 is 23.8 Å². The molecule has 1 aliphatic heterocycles. The van der Waals surface area contributed by atoms with Crippen LogP contribution in [0.4, 0.5) is 4.39 Å². The molecule has 5 aliphatic rings. The first-order chi connectivity index (χ1) is 14.2. The summed E-state index contributed by atoms with van der Waals surface area (Å²) in [7, 11) is 0. The summed E-state index contributed by atoms with van der Waals surface area (Å²) >= 11 is 1.64. The highest BCUT2D eigenvalue weighted by molar-refractivity contribution is 7.99. The molecule has 4 aliphatic carbocycles. The molecule has 0 amide bonds. The molecule has 0 aromatic heterocycles. The van der Waals surface area contributed by atoms with Gasteiger partial charge in [-0.15, -0.1) is 11.8 Å². The average Bonchev–Trinajstić information content (AvgIpc) is 3.16. The molecule has 0 spiro atoms. The molecule has 5 rings (SSSR count). The number of ether oxygens (including phenoxy) is 2. The van der Waals surface area contributed by atoms with Crippen molar-refractivity contribution in [1.82, 2.24) is 0 Å². The number of fused-ring (bicyclic) bond motifs is 7. The highest BCUT2D eigenvalue weighted by Gasteiger charge is 2.77. The summed E-state index contributed by atoms with van der Waals surface area (Å²) < 4.78 is 29.9. The van der Waals surface area contributed by atoms with Gasteiger partial charge in [-0.1, -0.05) is 24.6 Å². The van der Waals surface area contributed by atoms with Crippen molar-refractivity contribution in [1.29, 1.82) is 0 Å². The topological polar surface area (TPSA) is 55.8 Å². The minimum atomic E-state index is -1.81. The number of hydrogen-bond acceptors (Lipinski definition) is 5. The zero-order chi connectivity index (χ0) is 21.5. The second kappa shape index (κ2) is 6.53. The first-order valence-electron chi connectivity index (χ1n) is 11.0. The highest BCUT2D eigenvalue weighted by atomic mass is 32.2. The van der Waals surface area contributed by atoms with Gasteiger partial charge in [0.05, 0.1) is 6.10 Å². The molecule has 0 radical (unpaired) electrons. The summed E-state index contributed by atoms with van der Waals surface area (Å²) in [5.41, 5.74) is -2.35. The summed E-state index contributed by atoms with van der Waals surface area (Å²) in [6, 6.07) is 0. The van der Waals surface area contributed by atoms with Crippen LogP contribution in [-0.2, 0) is 14.3 Å². The van der Waals surface area contributed by atoms with Crippen LogP contribution in [0.2, 0.25) is 0 Å². The number of halogens is 1. The molecule has 4 nitrogen and oxygen atoms in total. The van der Waals surface area contributed by atoms with Crippen molar-refractivity contribution in [2.75, 3.05) is 6.26 Å². The number of aliphatic hydroxyl groups excluding tert-OH is 1. The van der Waals surface area contributed by atoms with Crippen LogP contribution in [0.3, 0.4) is 0 Å². The van der Waals surface area contributed by atoms with E-state index < -0.39 is 33.8 Å². The summed E-state index contributed by atoms with van der Waals surface area (Å²) in [4.78, 5) is 11.3. The van der Waals surface area contributed by atoms with Crippen molar-refractivity contribution >= 4 is 17.5 Å². The summed E-state index contributed by atoms with van der Waals surface area (Å²) in [6.07, 6.45) is 11.3. The van der Waals surface area contributed by atoms with Gasteiger partial charge in [-0.05, 0) is 69.9 Å². The molecule has 0 aromatic rings. The molecule has 1 unspecified atom stereocenters. The van der Waals surface area contributed by atoms with Crippen LogP contribution >= 0.6 is 11.8 Å². The van der Waals surface area contributed by atoms with Gasteiger partial charge in [0.1, 0.15) is 11.0 Å². The van der Waals surface area contributed by atoms with E-state index in [1.807, 2.05) is 32.3 Å². The van der Waals surface area contributed by atoms with Crippen molar-refractivity contribution in [3.63, 3.8) is 0 Å². The van der Waals surface area contributed by atoms with Crippen molar-refractivity contribution in [2.45, 2.75) is 75.6 Å². The zero-order valence-corrected chi connectivity index (χ0v) is 18.9. The molecule has 1 heterocycles.